The lowest BCUT2D eigenvalue weighted by atomic mass is 10.1. The summed E-state index contributed by atoms with van der Waals surface area (Å²) in [6.45, 7) is 1.21. The third-order valence-corrected chi connectivity index (χ3v) is 5.28. The lowest BCUT2D eigenvalue weighted by Gasteiger charge is -2.31. The Morgan fingerprint density at radius 2 is 2.07 bits per heavy atom. The maximum atomic E-state index is 15.0. The summed E-state index contributed by atoms with van der Waals surface area (Å²) in [5.41, 5.74) is 1.29. The number of para-hydroxylation sites is 1. The third-order valence-electron chi connectivity index (χ3n) is 5.28. The number of halogens is 1. The van der Waals surface area contributed by atoms with Crippen LogP contribution in [0.15, 0.2) is 35.0 Å². The van der Waals surface area contributed by atoms with Crippen LogP contribution >= 0.6 is 0 Å². The molecule has 0 spiro atoms. The molecule has 0 saturated carbocycles. The summed E-state index contributed by atoms with van der Waals surface area (Å²) in [6.07, 6.45) is 2.41. The molecule has 10 nitrogen and oxygen atoms in total. The number of rotatable bonds is 2. The second-order valence-electron chi connectivity index (χ2n) is 6.89. The topological polar surface area (TPSA) is 109 Å². The third kappa shape index (κ3) is 2.17. The van der Waals surface area contributed by atoms with Crippen molar-refractivity contribution in [3.05, 3.63) is 36.3 Å². The summed E-state index contributed by atoms with van der Waals surface area (Å²) in [5.74, 6) is 1.99. The van der Waals surface area contributed by atoms with Gasteiger partial charge in [-0.15, -0.1) is 10.2 Å². The van der Waals surface area contributed by atoms with E-state index in [1.807, 2.05) is 18.3 Å². The van der Waals surface area contributed by atoms with Crippen LogP contribution in [0.5, 0.6) is 0 Å². The van der Waals surface area contributed by atoms with E-state index in [1.54, 1.807) is 16.7 Å². The average Bonchev–Trinajstić information content (AvgIpc) is 3.52. The average molecular weight is 392 g/mol. The maximum absolute atomic E-state index is 15.0. The minimum atomic E-state index is -1.67. The molecule has 11 heteroatoms. The van der Waals surface area contributed by atoms with Crippen LogP contribution in [0.2, 0.25) is 0 Å². The quantitative estimate of drug-likeness (QED) is 0.478. The van der Waals surface area contributed by atoms with E-state index in [0.29, 0.717) is 41.9 Å². The molecule has 0 bridgehead atoms. The van der Waals surface area contributed by atoms with Gasteiger partial charge < -0.3 is 9.26 Å². The van der Waals surface area contributed by atoms with Crippen LogP contribution in [0.1, 0.15) is 18.2 Å². The van der Waals surface area contributed by atoms with Gasteiger partial charge in [-0.2, -0.15) is 14.6 Å². The Labute approximate surface area is 163 Å². The normalized spacial score (nSPS) is 22.1. The Hall–Kier alpha value is -3.78. The Bertz CT molecular complexity index is 1190. The summed E-state index contributed by atoms with van der Waals surface area (Å²) < 4.78 is 27.5. The molecule has 0 radical (unpaired) electrons. The first kappa shape index (κ1) is 16.2. The molecule has 3 aromatic rings. The summed E-state index contributed by atoms with van der Waals surface area (Å²) in [6, 6.07) is 7.24. The van der Waals surface area contributed by atoms with Crippen molar-refractivity contribution in [2.75, 3.05) is 18.1 Å². The molecule has 0 amide bonds. The van der Waals surface area contributed by atoms with E-state index in [4.69, 9.17) is 9.26 Å². The molecule has 0 N–H and O–H groups in total. The number of ether oxygens (including phenoxy) is 1. The predicted molar refractivity (Wildman–Crippen MR) is 96.0 cm³/mol. The van der Waals surface area contributed by atoms with Gasteiger partial charge >= 0.3 is 0 Å². The van der Waals surface area contributed by atoms with Gasteiger partial charge in [-0.3, -0.25) is 9.47 Å². The van der Waals surface area contributed by atoms with Crippen LogP contribution in [0.3, 0.4) is 0 Å². The van der Waals surface area contributed by atoms with Gasteiger partial charge in [0.15, 0.2) is 17.8 Å². The van der Waals surface area contributed by atoms with E-state index in [9.17, 15) is 5.26 Å². The zero-order valence-electron chi connectivity index (χ0n) is 14.9. The fourth-order valence-corrected chi connectivity index (χ4v) is 3.88. The monoisotopic (exact) mass is 392 g/mol. The van der Waals surface area contributed by atoms with Crippen LogP contribution < -0.4 is 4.90 Å². The lowest BCUT2D eigenvalue weighted by molar-refractivity contribution is 0.192. The number of anilines is 1. The second kappa shape index (κ2) is 5.86. The number of nitriles is 1. The van der Waals surface area contributed by atoms with Gasteiger partial charge in [-0.25, -0.2) is 4.90 Å². The van der Waals surface area contributed by atoms with Gasteiger partial charge in [-0.1, -0.05) is 17.3 Å². The van der Waals surface area contributed by atoms with E-state index >= 15 is 4.39 Å². The van der Waals surface area contributed by atoms with Gasteiger partial charge in [0.2, 0.25) is 5.82 Å². The molecule has 1 aromatic carbocycles. The van der Waals surface area contributed by atoms with E-state index in [2.05, 4.69) is 20.3 Å². The van der Waals surface area contributed by atoms with E-state index < -0.39 is 6.42 Å². The van der Waals surface area contributed by atoms with Gasteiger partial charge in [0, 0.05) is 18.1 Å². The zero-order chi connectivity index (χ0) is 19.5. The van der Waals surface area contributed by atoms with E-state index in [1.165, 1.54) is 11.1 Å². The van der Waals surface area contributed by atoms with Gasteiger partial charge in [0.25, 0.3) is 12.3 Å². The van der Waals surface area contributed by atoms with Gasteiger partial charge in [0.1, 0.15) is 5.82 Å². The molecular weight excluding hydrogens is 379 g/mol. The molecule has 3 aliphatic rings. The molecule has 5 heterocycles. The molecule has 144 valence electrons. The molecule has 1 fully saturated rings. The molecule has 2 aromatic heterocycles. The number of alkyl halides is 1. The Balaban J connectivity index is 1.53. The number of hydrogen-bond donors (Lipinski definition) is 0. The van der Waals surface area contributed by atoms with Crippen molar-refractivity contribution in [3.63, 3.8) is 0 Å². The second-order valence-corrected chi connectivity index (χ2v) is 6.89. The Kier molecular flexibility index (Phi) is 3.27. The number of fused-ring (bicyclic) bond motifs is 6. The molecule has 3 aliphatic heterocycles. The van der Waals surface area contributed by atoms with E-state index in [0.717, 1.165) is 11.3 Å². The minimum absolute atomic E-state index is 0.0727. The van der Waals surface area contributed by atoms with Crippen molar-refractivity contribution < 1.29 is 13.7 Å². The van der Waals surface area contributed by atoms with Crippen molar-refractivity contribution in [3.8, 4) is 29.3 Å². The van der Waals surface area contributed by atoms with Crippen molar-refractivity contribution in [2.24, 2.45) is 0 Å². The highest BCUT2D eigenvalue weighted by Crippen LogP contribution is 2.45. The standard InChI is InChI=1S/C18H13FN8O2/c19-18-25(9-20)7-13-26(18)12-4-2-1-3-11(12)15-22-23-16(27(13)15)17-21-14(24-29-17)10-5-6-28-8-10/h1-4,7,10,18H,5-6,8H2. The summed E-state index contributed by atoms with van der Waals surface area (Å²) in [5, 5.41) is 21.9. The van der Waals surface area contributed by atoms with Crippen molar-refractivity contribution in [2.45, 2.75) is 18.8 Å². The highest BCUT2D eigenvalue weighted by atomic mass is 19.1. The first-order valence-corrected chi connectivity index (χ1v) is 9.06. The minimum Gasteiger partial charge on any atom is -0.381 e. The fourth-order valence-electron chi connectivity index (χ4n) is 3.88. The first-order valence-electron chi connectivity index (χ1n) is 9.06. The first-order chi connectivity index (χ1) is 14.3. The summed E-state index contributed by atoms with van der Waals surface area (Å²) in [4.78, 5) is 6.82. The van der Waals surface area contributed by atoms with Gasteiger partial charge in [-0.05, 0) is 18.6 Å². The summed E-state index contributed by atoms with van der Waals surface area (Å²) >= 11 is 0. The molecule has 6 rings (SSSR count). The SMILES string of the molecule is N#CN1C=C2N(c3ccccc3-c3nnc(-c4nc(C5CCOC5)no4)n32)C1F. The van der Waals surface area contributed by atoms with Crippen molar-refractivity contribution in [1.29, 1.82) is 5.26 Å². The largest absolute Gasteiger partial charge is 0.381 e. The van der Waals surface area contributed by atoms with Crippen molar-refractivity contribution in [1.82, 2.24) is 29.8 Å². The van der Waals surface area contributed by atoms with Crippen LogP contribution in [0, 0.1) is 11.5 Å². The highest BCUT2D eigenvalue weighted by Gasteiger charge is 2.42. The number of nitrogens with zero attached hydrogens (tertiary/aromatic N) is 8. The molecular formula is C18H13FN8O2. The molecule has 2 atom stereocenters. The summed E-state index contributed by atoms with van der Waals surface area (Å²) in [7, 11) is 0. The zero-order valence-corrected chi connectivity index (χ0v) is 14.9. The number of benzene rings is 1. The fraction of sp³-hybridized carbons (Fsp3) is 0.278. The van der Waals surface area contributed by atoms with Crippen LogP contribution in [-0.4, -0.2) is 49.4 Å². The predicted octanol–water partition coefficient (Wildman–Crippen LogP) is 2.12. The molecule has 2 unspecified atom stereocenters. The van der Waals surface area contributed by atoms with Crippen LogP contribution in [-0.2, 0) is 4.74 Å². The van der Waals surface area contributed by atoms with Crippen molar-refractivity contribution >= 4 is 11.5 Å². The van der Waals surface area contributed by atoms with Crippen LogP contribution in [0.25, 0.3) is 28.9 Å². The number of hydrogen-bond acceptors (Lipinski definition) is 9. The van der Waals surface area contributed by atoms with Crippen LogP contribution in [0.4, 0.5) is 10.1 Å². The van der Waals surface area contributed by atoms with E-state index in [-0.39, 0.29) is 17.6 Å². The smallest absolute Gasteiger partial charge is 0.296 e. The molecule has 1 saturated heterocycles. The molecule has 0 aliphatic carbocycles. The maximum Gasteiger partial charge on any atom is 0.296 e. The highest BCUT2D eigenvalue weighted by molar-refractivity contribution is 5.90. The Morgan fingerprint density at radius 3 is 2.90 bits per heavy atom. The Morgan fingerprint density at radius 1 is 1.21 bits per heavy atom. The molecule has 29 heavy (non-hydrogen) atoms. The van der Waals surface area contributed by atoms with Gasteiger partial charge in [0.05, 0.1) is 18.5 Å². The number of aromatic nitrogens is 5. The lowest BCUT2D eigenvalue weighted by Crippen LogP contribution is -2.36.